The number of anilines is 1. The minimum absolute atomic E-state index is 0.466. The molecule has 0 spiro atoms. The zero-order chi connectivity index (χ0) is 18.4. The summed E-state index contributed by atoms with van der Waals surface area (Å²) >= 11 is 0. The third-order valence-electron chi connectivity index (χ3n) is 5.29. The highest BCUT2D eigenvalue weighted by Crippen LogP contribution is 2.27. The van der Waals surface area contributed by atoms with Crippen LogP contribution < -0.4 is 4.90 Å². The molecule has 0 N–H and O–H groups in total. The van der Waals surface area contributed by atoms with E-state index in [2.05, 4.69) is 38.9 Å². The topological polar surface area (TPSA) is 77.0 Å². The number of fused-ring (bicyclic) bond motifs is 1. The molecule has 0 radical (unpaired) electrons. The Morgan fingerprint density at radius 3 is 2.62 bits per heavy atom. The number of hydrogen-bond acceptors (Lipinski definition) is 6. The highest BCUT2D eigenvalue weighted by Gasteiger charge is 2.30. The fraction of sp³-hybridized carbons (Fsp3) is 0.500. The summed E-state index contributed by atoms with van der Waals surface area (Å²) in [5.41, 5.74) is 2.60. The lowest BCUT2D eigenvalue weighted by atomic mass is 10.1. The van der Waals surface area contributed by atoms with Gasteiger partial charge in [-0.2, -0.15) is 4.98 Å². The van der Waals surface area contributed by atoms with Crippen LogP contribution in [0.15, 0.2) is 6.20 Å². The molecule has 0 amide bonds. The molecule has 1 fully saturated rings. The average Bonchev–Trinajstić information content (AvgIpc) is 3.29. The van der Waals surface area contributed by atoms with E-state index in [1.54, 1.807) is 10.9 Å². The van der Waals surface area contributed by atoms with Gasteiger partial charge in [-0.05, 0) is 45.3 Å². The average molecular weight is 352 g/mol. The number of rotatable bonds is 3. The molecule has 0 unspecified atom stereocenters. The first-order chi connectivity index (χ1) is 12.4. The Labute approximate surface area is 152 Å². The maximum absolute atomic E-state index is 4.70. The SMILES string of the molecule is Cc1ncc(C)n2nc(/C=C/c3nc(N4CC[C@@H](C)[C@H]4C)nn3C)nc12. The van der Waals surface area contributed by atoms with Gasteiger partial charge >= 0.3 is 0 Å². The van der Waals surface area contributed by atoms with Crippen LogP contribution in [-0.4, -0.2) is 46.9 Å². The van der Waals surface area contributed by atoms with Crippen LogP contribution in [0.25, 0.3) is 17.8 Å². The molecule has 0 saturated carbocycles. The van der Waals surface area contributed by atoms with Gasteiger partial charge in [0.1, 0.15) is 0 Å². The van der Waals surface area contributed by atoms with E-state index < -0.39 is 0 Å². The van der Waals surface area contributed by atoms with Crippen LogP contribution >= 0.6 is 0 Å². The normalized spacial score (nSPS) is 20.7. The summed E-state index contributed by atoms with van der Waals surface area (Å²) in [4.78, 5) is 15.9. The van der Waals surface area contributed by atoms with Crippen LogP contribution in [0.3, 0.4) is 0 Å². The quantitative estimate of drug-likeness (QED) is 0.720. The van der Waals surface area contributed by atoms with Crippen molar-refractivity contribution in [3.63, 3.8) is 0 Å². The Morgan fingerprint density at radius 1 is 1.12 bits per heavy atom. The van der Waals surface area contributed by atoms with E-state index in [4.69, 9.17) is 4.98 Å². The van der Waals surface area contributed by atoms with Gasteiger partial charge in [-0.3, -0.25) is 4.98 Å². The summed E-state index contributed by atoms with van der Waals surface area (Å²) in [6.07, 6.45) is 6.77. The lowest BCUT2D eigenvalue weighted by Gasteiger charge is -2.21. The van der Waals surface area contributed by atoms with Gasteiger partial charge in [0, 0.05) is 25.8 Å². The van der Waals surface area contributed by atoms with E-state index in [0.717, 1.165) is 35.4 Å². The predicted octanol–water partition coefficient (Wildman–Crippen LogP) is 2.27. The molecule has 0 aliphatic carbocycles. The summed E-state index contributed by atoms with van der Waals surface area (Å²) in [6.45, 7) is 9.43. The van der Waals surface area contributed by atoms with Crippen molar-refractivity contribution in [2.45, 2.75) is 40.2 Å². The molecule has 1 saturated heterocycles. The largest absolute Gasteiger partial charge is 0.337 e. The van der Waals surface area contributed by atoms with Crippen molar-refractivity contribution in [1.29, 1.82) is 0 Å². The molecular formula is C18H24N8. The van der Waals surface area contributed by atoms with Crippen LogP contribution in [0.1, 0.15) is 43.3 Å². The van der Waals surface area contributed by atoms with Gasteiger partial charge < -0.3 is 4.90 Å². The highest BCUT2D eigenvalue weighted by atomic mass is 15.4. The van der Waals surface area contributed by atoms with Crippen molar-refractivity contribution in [1.82, 2.24) is 34.3 Å². The summed E-state index contributed by atoms with van der Waals surface area (Å²) in [7, 11) is 1.91. The van der Waals surface area contributed by atoms with E-state index in [1.165, 1.54) is 6.42 Å². The van der Waals surface area contributed by atoms with Crippen molar-refractivity contribution in [2.24, 2.45) is 13.0 Å². The second kappa shape index (κ2) is 6.19. The summed E-state index contributed by atoms with van der Waals surface area (Å²) in [5, 5.41) is 9.12. The minimum Gasteiger partial charge on any atom is -0.337 e. The van der Waals surface area contributed by atoms with Gasteiger partial charge in [-0.1, -0.05) is 6.92 Å². The Balaban J connectivity index is 1.62. The first-order valence-corrected chi connectivity index (χ1v) is 8.99. The zero-order valence-corrected chi connectivity index (χ0v) is 15.9. The maximum atomic E-state index is 4.70. The molecular weight excluding hydrogens is 328 g/mol. The van der Waals surface area contributed by atoms with Crippen LogP contribution in [0.2, 0.25) is 0 Å². The molecule has 2 atom stereocenters. The van der Waals surface area contributed by atoms with Crippen molar-refractivity contribution in [3.05, 3.63) is 29.2 Å². The van der Waals surface area contributed by atoms with E-state index in [-0.39, 0.29) is 0 Å². The van der Waals surface area contributed by atoms with E-state index >= 15 is 0 Å². The molecule has 3 aromatic rings. The molecule has 8 heteroatoms. The number of aryl methyl sites for hydroxylation is 3. The maximum Gasteiger partial charge on any atom is 0.245 e. The molecule has 8 nitrogen and oxygen atoms in total. The van der Waals surface area contributed by atoms with Crippen molar-refractivity contribution in [3.8, 4) is 0 Å². The van der Waals surface area contributed by atoms with E-state index in [1.807, 2.05) is 37.6 Å². The number of hydrogen-bond donors (Lipinski definition) is 0. The minimum atomic E-state index is 0.466. The molecule has 136 valence electrons. The molecule has 0 aromatic carbocycles. The molecule has 4 heterocycles. The lowest BCUT2D eigenvalue weighted by Crippen LogP contribution is -2.30. The summed E-state index contributed by atoms with van der Waals surface area (Å²) < 4.78 is 3.62. The van der Waals surface area contributed by atoms with Gasteiger partial charge in [0.05, 0.1) is 11.4 Å². The van der Waals surface area contributed by atoms with Gasteiger partial charge in [-0.25, -0.2) is 14.2 Å². The van der Waals surface area contributed by atoms with Gasteiger partial charge in [-0.15, -0.1) is 10.2 Å². The molecule has 4 rings (SSSR count). The fourth-order valence-corrected chi connectivity index (χ4v) is 3.36. The van der Waals surface area contributed by atoms with Gasteiger partial charge in [0.2, 0.25) is 5.95 Å². The number of nitrogens with zero attached hydrogens (tertiary/aromatic N) is 8. The standard InChI is InChI=1S/C18H24N8/c1-11-8-9-25(14(11)4)18-21-16(24(5)23-18)7-6-15-20-17-13(3)19-10-12(2)26(17)22-15/h6-7,10-11,14H,8-9H2,1-5H3/b7-6+/t11-,14-/m1/s1. The molecule has 1 aliphatic rings. The molecule has 0 bridgehead atoms. The summed E-state index contributed by atoms with van der Waals surface area (Å²) in [6, 6.07) is 0.466. The zero-order valence-electron chi connectivity index (χ0n) is 15.9. The lowest BCUT2D eigenvalue weighted by molar-refractivity contribution is 0.542. The Morgan fingerprint density at radius 2 is 1.92 bits per heavy atom. The van der Waals surface area contributed by atoms with Crippen LogP contribution in [0, 0.1) is 19.8 Å². The summed E-state index contributed by atoms with van der Waals surface area (Å²) in [5.74, 6) is 2.89. The smallest absolute Gasteiger partial charge is 0.245 e. The number of aromatic nitrogens is 7. The molecule has 1 aliphatic heterocycles. The van der Waals surface area contributed by atoms with Gasteiger partial charge in [0.25, 0.3) is 0 Å². The van der Waals surface area contributed by atoms with Crippen LogP contribution in [0.5, 0.6) is 0 Å². The molecule has 3 aromatic heterocycles. The van der Waals surface area contributed by atoms with Crippen molar-refractivity contribution < 1.29 is 0 Å². The first-order valence-electron chi connectivity index (χ1n) is 8.99. The van der Waals surface area contributed by atoms with Crippen LogP contribution in [-0.2, 0) is 7.05 Å². The van der Waals surface area contributed by atoms with Crippen LogP contribution in [0.4, 0.5) is 5.95 Å². The second-order valence-electron chi connectivity index (χ2n) is 7.12. The van der Waals surface area contributed by atoms with Crippen molar-refractivity contribution >= 4 is 23.7 Å². The third-order valence-corrected chi connectivity index (χ3v) is 5.29. The molecule has 26 heavy (non-hydrogen) atoms. The monoisotopic (exact) mass is 352 g/mol. The predicted molar refractivity (Wildman–Crippen MR) is 101 cm³/mol. The van der Waals surface area contributed by atoms with E-state index in [9.17, 15) is 0 Å². The first kappa shape index (κ1) is 16.7. The van der Waals surface area contributed by atoms with Crippen molar-refractivity contribution in [2.75, 3.05) is 11.4 Å². The Hall–Kier alpha value is -2.77. The Kier molecular flexibility index (Phi) is 3.97. The third kappa shape index (κ3) is 2.75. The highest BCUT2D eigenvalue weighted by molar-refractivity contribution is 5.65. The van der Waals surface area contributed by atoms with E-state index in [0.29, 0.717) is 17.8 Å². The fourth-order valence-electron chi connectivity index (χ4n) is 3.36. The Bertz CT molecular complexity index is 944. The van der Waals surface area contributed by atoms with Gasteiger partial charge in [0.15, 0.2) is 17.3 Å². The second-order valence-corrected chi connectivity index (χ2v) is 7.12.